The molecule has 2 saturated heterocycles. The van der Waals surface area contributed by atoms with Crippen LogP contribution in [0.3, 0.4) is 0 Å². The number of alkyl halides is 4. The third-order valence-corrected chi connectivity index (χ3v) is 8.97. The summed E-state index contributed by atoms with van der Waals surface area (Å²) >= 11 is 0. The number of hydrogen-bond donors (Lipinski definition) is 0. The van der Waals surface area contributed by atoms with Crippen molar-refractivity contribution >= 4 is 0 Å². The Bertz CT molecular complexity index is 572. The second-order valence-corrected chi connectivity index (χ2v) is 11.2. The quantitative estimate of drug-likeness (QED) is 0.399. The predicted molar refractivity (Wildman–Crippen MR) is 113 cm³/mol. The highest BCUT2D eigenvalue weighted by molar-refractivity contribution is 5.02. The first kappa shape index (κ1) is 23.8. The largest absolute Gasteiger partial charge is 0.372 e. The standard InChI is InChI=1S/C14H22F2O.C11H18F2O/c1-7-3-5-9-10-6-4-8(2)12(16)14(10)17-13(9)11(7)15;1-6-5-8-4-3-7(2)14-11(8)10(13)9(6)12/h7-14H,3-6H2,1-2H3;6-11H,3-5H2,1-2H3. The van der Waals surface area contributed by atoms with Crippen LogP contribution in [0.2, 0.25) is 0 Å². The van der Waals surface area contributed by atoms with Gasteiger partial charge in [0.05, 0.1) is 24.4 Å². The lowest BCUT2D eigenvalue weighted by atomic mass is 9.68. The molecule has 0 radical (unpaired) electrons. The molecule has 2 aliphatic heterocycles. The molecular weight excluding hydrogens is 408 g/mol. The molecule has 5 aliphatic rings. The molecule has 0 N–H and O–H groups in total. The second-order valence-electron chi connectivity index (χ2n) is 11.2. The highest BCUT2D eigenvalue weighted by Crippen LogP contribution is 2.51. The molecule has 3 aliphatic carbocycles. The fraction of sp³-hybridized carbons (Fsp3) is 1.00. The van der Waals surface area contributed by atoms with E-state index in [0.29, 0.717) is 0 Å². The fourth-order valence-corrected chi connectivity index (χ4v) is 6.88. The van der Waals surface area contributed by atoms with E-state index >= 15 is 0 Å². The minimum atomic E-state index is -1.41. The third kappa shape index (κ3) is 4.54. The fourth-order valence-electron chi connectivity index (χ4n) is 6.88. The molecule has 0 amide bonds. The molecule has 14 unspecified atom stereocenters. The van der Waals surface area contributed by atoms with Crippen LogP contribution in [-0.2, 0) is 9.47 Å². The molecule has 2 nitrogen and oxygen atoms in total. The molecule has 5 rings (SSSR count). The van der Waals surface area contributed by atoms with Crippen molar-refractivity contribution < 1.29 is 27.0 Å². The summed E-state index contributed by atoms with van der Waals surface area (Å²) in [6, 6.07) is 0. The molecule has 31 heavy (non-hydrogen) atoms. The third-order valence-electron chi connectivity index (χ3n) is 8.97. The Balaban J connectivity index is 0.000000152. The van der Waals surface area contributed by atoms with Gasteiger partial charge in [0.1, 0.15) is 18.5 Å². The van der Waals surface area contributed by atoms with Crippen molar-refractivity contribution in [3.63, 3.8) is 0 Å². The van der Waals surface area contributed by atoms with E-state index in [-0.39, 0.29) is 53.8 Å². The first-order valence-electron chi connectivity index (χ1n) is 12.6. The van der Waals surface area contributed by atoms with E-state index in [4.69, 9.17) is 9.47 Å². The first-order chi connectivity index (χ1) is 14.7. The minimum Gasteiger partial charge on any atom is -0.372 e. The number of ether oxygens (including phenoxy) is 2. The lowest BCUT2D eigenvalue weighted by Crippen LogP contribution is -2.50. The van der Waals surface area contributed by atoms with Gasteiger partial charge in [-0.25, -0.2) is 17.6 Å². The summed E-state index contributed by atoms with van der Waals surface area (Å²) in [6.45, 7) is 7.63. The van der Waals surface area contributed by atoms with Gasteiger partial charge in [0.25, 0.3) is 0 Å². The van der Waals surface area contributed by atoms with Crippen molar-refractivity contribution in [3.8, 4) is 0 Å². The Kier molecular flexibility index (Phi) is 7.27. The minimum absolute atomic E-state index is 0.0758. The Hall–Kier alpha value is -0.360. The summed E-state index contributed by atoms with van der Waals surface area (Å²) in [5.74, 6) is 0.791. The normalized spacial score (nSPS) is 56.5. The summed E-state index contributed by atoms with van der Waals surface area (Å²) in [6.07, 6.45) is 1.11. The molecule has 6 heteroatoms. The Morgan fingerprint density at radius 2 is 1.06 bits per heavy atom. The van der Waals surface area contributed by atoms with Gasteiger partial charge in [-0.1, -0.05) is 20.8 Å². The van der Waals surface area contributed by atoms with E-state index in [1.165, 1.54) is 0 Å². The van der Waals surface area contributed by atoms with Crippen molar-refractivity contribution in [2.75, 3.05) is 0 Å². The monoisotopic (exact) mass is 448 g/mol. The van der Waals surface area contributed by atoms with Crippen LogP contribution in [0.5, 0.6) is 0 Å². The highest BCUT2D eigenvalue weighted by atomic mass is 19.2. The van der Waals surface area contributed by atoms with Gasteiger partial charge in [-0.05, 0) is 87.4 Å². The lowest BCUT2D eigenvalue weighted by Gasteiger charge is -2.43. The van der Waals surface area contributed by atoms with E-state index in [0.717, 1.165) is 44.9 Å². The summed E-state index contributed by atoms with van der Waals surface area (Å²) < 4.78 is 66.6. The molecule has 180 valence electrons. The molecule has 5 fully saturated rings. The molecule has 14 atom stereocenters. The zero-order valence-corrected chi connectivity index (χ0v) is 19.4. The van der Waals surface area contributed by atoms with Crippen molar-refractivity contribution in [3.05, 3.63) is 0 Å². The van der Waals surface area contributed by atoms with Crippen molar-refractivity contribution in [1.82, 2.24) is 0 Å². The van der Waals surface area contributed by atoms with E-state index < -0.39 is 30.8 Å². The van der Waals surface area contributed by atoms with Gasteiger partial charge < -0.3 is 9.47 Å². The predicted octanol–water partition coefficient (Wildman–Crippen LogP) is 6.41. The summed E-state index contributed by atoms with van der Waals surface area (Å²) in [5, 5.41) is 0. The van der Waals surface area contributed by atoms with Crippen molar-refractivity contribution in [2.24, 2.45) is 35.5 Å². The topological polar surface area (TPSA) is 18.5 Å². The van der Waals surface area contributed by atoms with Crippen LogP contribution in [-0.4, -0.2) is 49.1 Å². The van der Waals surface area contributed by atoms with Gasteiger partial charge in [0.15, 0.2) is 6.17 Å². The van der Waals surface area contributed by atoms with Gasteiger partial charge in [-0.3, -0.25) is 0 Å². The molecule has 0 bridgehead atoms. The average Bonchev–Trinajstić information content (AvgIpc) is 3.13. The molecular formula is C25H40F4O2. The van der Waals surface area contributed by atoms with Gasteiger partial charge in [-0.15, -0.1) is 0 Å². The first-order valence-corrected chi connectivity index (χ1v) is 12.6. The number of rotatable bonds is 0. The van der Waals surface area contributed by atoms with E-state index in [2.05, 4.69) is 0 Å². The maximum atomic E-state index is 14.1. The van der Waals surface area contributed by atoms with Gasteiger partial charge in [0.2, 0.25) is 0 Å². The average molecular weight is 449 g/mol. The van der Waals surface area contributed by atoms with Crippen LogP contribution >= 0.6 is 0 Å². The molecule has 0 aromatic carbocycles. The van der Waals surface area contributed by atoms with Crippen LogP contribution < -0.4 is 0 Å². The smallest absolute Gasteiger partial charge is 0.158 e. The molecule has 0 aromatic heterocycles. The number of fused-ring (bicyclic) bond motifs is 4. The van der Waals surface area contributed by atoms with Gasteiger partial charge in [-0.2, -0.15) is 0 Å². The van der Waals surface area contributed by atoms with Gasteiger partial charge in [0, 0.05) is 0 Å². The number of halogens is 4. The van der Waals surface area contributed by atoms with E-state index in [1.54, 1.807) is 6.92 Å². The SMILES string of the molecule is CC1CCC2C3CCC(C)C(F)C3OC2C1F.CC1CCC2CC(C)C(F)C(F)C2O1. The van der Waals surface area contributed by atoms with Crippen LogP contribution in [0.1, 0.15) is 72.6 Å². The Morgan fingerprint density at radius 3 is 1.61 bits per heavy atom. The molecule has 0 aromatic rings. The van der Waals surface area contributed by atoms with E-state index in [9.17, 15) is 17.6 Å². The Morgan fingerprint density at radius 1 is 0.516 bits per heavy atom. The van der Waals surface area contributed by atoms with Crippen LogP contribution in [0.4, 0.5) is 17.6 Å². The highest BCUT2D eigenvalue weighted by Gasteiger charge is 2.55. The van der Waals surface area contributed by atoms with Gasteiger partial charge >= 0.3 is 0 Å². The van der Waals surface area contributed by atoms with Crippen LogP contribution in [0, 0.1) is 35.5 Å². The van der Waals surface area contributed by atoms with Crippen molar-refractivity contribution in [2.45, 2.75) is 122 Å². The summed E-state index contributed by atoms with van der Waals surface area (Å²) in [5.41, 5.74) is 0. The zero-order chi connectivity index (χ0) is 22.4. The molecule has 2 heterocycles. The second kappa shape index (κ2) is 9.48. The zero-order valence-electron chi connectivity index (χ0n) is 19.4. The summed E-state index contributed by atoms with van der Waals surface area (Å²) in [7, 11) is 0. The van der Waals surface area contributed by atoms with E-state index in [1.807, 2.05) is 20.8 Å². The maximum absolute atomic E-state index is 14.1. The summed E-state index contributed by atoms with van der Waals surface area (Å²) in [4.78, 5) is 0. The maximum Gasteiger partial charge on any atom is 0.158 e. The molecule has 0 spiro atoms. The van der Waals surface area contributed by atoms with Crippen molar-refractivity contribution in [1.29, 1.82) is 0 Å². The number of hydrogen-bond acceptors (Lipinski definition) is 2. The lowest BCUT2D eigenvalue weighted by molar-refractivity contribution is -0.154. The van der Waals surface area contributed by atoms with Crippen LogP contribution in [0.15, 0.2) is 0 Å². The molecule has 3 saturated carbocycles. The van der Waals surface area contributed by atoms with Crippen LogP contribution in [0.25, 0.3) is 0 Å². The Labute approximate surface area is 184 Å².